The van der Waals surface area contributed by atoms with E-state index in [1.807, 2.05) is 6.92 Å². The summed E-state index contributed by atoms with van der Waals surface area (Å²) in [5.41, 5.74) is 6.61. The molecule has 0 amide bonds. The third-order valence-electron chi connectivity index (χ3n) is 3.15. The van der Waals surface area contributed by atoms with Gasteiger partial charge in [-0.05, 0) is 19.3 Å². The first-order chi connectivity index (χ1) is 10.1. The predicted molar refractivity (Wildman–Crippen MR) is 88.8 cm³/mol. The van der Waals surface area contributed by atoms with Gasteiger partial charge in [-0.25, -0.2) is 4.98 Å². The van der Waals surface area contributed by atoms with E-state index in [4.69, 9.17) is 10.5 Å². The molecule has 0 atom stereocenters. The number of ether oxygens (including phenoxy) is 1. The molecule has 0 fully saturated rings. The minimum absolute atomic E-state index is 0.499. The second-order valence-electron chi connectivity index (χ2n) is 5.73. The number of aromatic nitrogens is 2. The minimum atomic E-state index is 0.499. The summed E-state index contributed by atoms with van der Waals surface area (Å²) in [5.74, 6) is 2.50. The van der Waals surface area contributed by atoms with Crippen LogP contribution in [0.5, 0.6) is 5.88 Å². The standard InChI is InChI=1S/C16H30N4O/c1-5-7-8-9-10-18-15-14(17)16(21-6-2)20-13(19-15)11-12(3)4/h12H,5-11,17H2,1-4H3,(H,18,19,20). The largest absolute Gasteiger partial charge is 0.476 e. The minimum Gasteiger partial charge on any atom is -0.476 e. The van der Waals surface area contributed by atoms with Crippen molar-refractivity contribution >= 4 is 11.5 Å². The van der Waals surface area contributed by atoms with E-state index in [-0.39, 0.29) is 0 Å². The van der Waals surface area contributed by atoms with Gasteiger partial charge in [0.1, 0.15) is 11.5 Å². The molecule has 0 unspecified atom stereocenters. The number of hydrogen-bond donors (Lipinski definition) is 2. The fourth-order valence-corrected chi connectivity index (χ4v) is 2.09. The Morgan fingerprint density at radius 2 is 1.90 bits per heavy atom. The molecule has 1 aromatic heterocycles. The lowest BCUT2D eigenvalue weighted by atomic mass is 10.1. The summed E-state index contributed by atoms with van der Waals surface area (Å²) in [6, 6.07) is 0. The summed E-state index contributed by atoms with van der Waals surface area (Å²) in [5, 5.41) is 3.33. The van der Waals surface area contributed by atoms with Crippen LogP contribution in [0.3, 0.4) is 0 Å². The van der Waals surface area contributed by atoms with Crippen LogP contribution >= 0.6 is 0 Å². The molecule has 1 rings (SSSR count). The normalized spacial score (nSPS) is 10.9. The Kier molecular flexibility index (Phi) is 7.87. The van der Waals surface area contributed by atoms with Crippen LogP contribution in [0, 0.1) is 5.92 Å². The highest BCUT2D eigenvalue weighted by atomic mass is 16.5. The molecule has 0 saturated heterocycles. The molecule has 21 heavy (non-hydrogen) atoms. The summed E-state index contributed by atoms with van der Waals surface area (Å²) in [4.78, 5) is 8.97. The van der Waals surface area contributed by atoms with Crippen molar-refractivity contribution in [3.63, 3.8) is 0 Å². The zero-order valence-electron chi connectivity index (χ0n) is 13.9. The zero-order valence-corrected chi connectivity index (χ0v) is 13.9. The molecule has 0 saturated carbocycles. The number of anilines is 2. The van der Waals surface area contributed by atoms with Gasteiger partial charge in [0.05, 0.1) is 6.61 Å². The molecule has 3 N–H and O–H groups in total. The molecular weight excluding hydrogens is 264 g/mol. The van der Waals surface area contributed by atoms with Gasteiger partial charge < -0.3 is 15.8 Å². The Hall–Kier alpha value is -1.52. The highest BCUT2D eigenvalue weighted by molar-refractivity contribution is 5.66. The molecule has 5 nitrogen and oxygen atoms in total. The van der Waals surface area contributed by atoms with Crippen LogP contribution in [-0.2, 0) is 6.42 Å². The molecule has 0 aromatic carbocycles. The highest BCUT2D eigenvalue weighted by Crippen LogP contribution is 2.26. The number of nitrogens with two attached hydrogens (primary N) is 1. The van der Waals surface area contributed by atoms with Gasteiger partial charge in [0.2, 0.25) is 5.88 Å². The predicted octanol–water partition coefficient (Wildman–Crippen LogP) is 3.65. The fraction of sp³-hybridized carbons (Fsp3) is 0.750. The van der Waals surface area contributed by atoms with Gasteiger partial charge in [-0.2, -0.15) is 4.98 Å². The van der Waals surface area contributed by atoms with Crippen molar-refractivity contribution in [3.05, 3.63) is 5.82 Å². The van der Waals surface area contributed by atoms with Gasteiger partial charge in [0.15, 0.2) is 5.82 Å². The highest BCUT2D eigenvalue weighted by Gasteiger charge is 2.13. The lowest BCUT2D eigenvalue weighted by Crippen LogP contribution is -2.12. The van der Waals surface area contributed by atoms with Crippen molar-refractivity contribution in [1.29, 1.82) is 0 Å². The van der Waals surface area contributed by atoms with Crippen LogP contribution in [0.1, 0.15) is 59.2 Å². The Labute approximate surface area is 128 Å². The maximum atomic E-state index is 6.10. The number of rotatable bonds is 10. The van der Waals surface area contributed by atoms with Gasteiger partial charge in [0.25, 0.3) is 0 Å². The van der Waals surface area contributed by atoms with Gasteiger partial charge in [-0.3, -0.25) is 0 Å². The van der Waals surface area contributed by atoms with Gasteiger partial charge in [-0.15, -0.1) is 0 Å². The Morgan fingerprint density at radius 1 is 1.14 bits per heavy atom. The average molecular weight is 294 g/mol. The van der Waals surface area contributed by atoms with Crippen molar-refractivity contribution < 1.29 is 4.74 Å². The Bertz CT molecular complexity index is 421. The molecule has 1 heterocycles. The van der Waals surface area contributed by atoms with Gasteiger partial charge >= 0.3 is 0 Å². The second-order valence-corrected chi connectivity index (χ2v) is 5.73. The van der Waals surface area contributed by atoms with Crippen LogP contribution in [0.25, 0.3) is 0 Å². The van der Waals surface area contributed by atoms with Crippen LogP contribution in [0.15, 0.2) is 0 Å². The van der Waals surface area contributed by atoms with Crippen molar-refractivity contribution in [3.8, 4) is 5.88 Å². The monoisotopic (exact) mass is 294 g/mol. The number of nitrogens with zero attached hydrogens (tertiary/aromatic N) is 2. The smallest absolute Gasteiger partial charge is 0.242 e. The van der Waals surface area contributed by atoms with E-state index in [9.17, 15) is 0 Å². The van der Waals surface area contributed by atoms with Gasteiger partial charge in [0, 0.05) is 13.0 Å². The molecule has 0 aliphatic heterocycles. The first kappa shape index (κ1) is 17.5. The maximum absolute atomic E-state index is 6.10. The third kappa shape index (κ3) is 6.19. The zero-order chi connectivity index (χ0) is 15.7. The van der Waals surface area contributed by atoms with Crippen molar-refractivity contribution in [1.82, 2.24) is 9.97 Å². The van der Waals surface area contributed by atoms with E-state index in [1.54, 1.807) is 0 Å². The van der Waals surface area contributed by atoms with Gasteiger partial charge in [-0.1, -0.05) is 40.0 Å². The summed E-state index contributed by atoms with van der Waals surface area (Å²) >= 11 is 0. The van der Waals surface area contributed by atoms with Crippen LogP contribution in [0.4, 0.5) is 11.5 Å². The van der Waals surface area contributed by atoms with Crippen LogP contribution in [-0.4, -0.2) is 23.1 Å². The lowest BCUT2D eigenvalue weighted by molar-refractivity contribution is 0.326. The number of nitrogens with one attached hydrogen (secondary N) is 1. The van der Waals surface area contributed by atoms with E-state index in [0.717, 1.165) is 25.2 Å². The molecule has 0 aliphatic carbocycles. The Morgan fingerprint density at radius 3 is 2.52 bits per heavy atom. The summed E-state index contributed by atoms with van der Waals surface area (Å²) < 4.78 is 5.53. The SMILES string of the molecule is CCCCCCNc1nc(CC(C)C)nc(OCC)c1N. The van der Waals surface area contributed by atoms with Crippen LogP contribution in [0.2, 0.25) is 0 Å². The quantitative estimate of drug-likeness (QED) is 0.644. The molecule has 1 aromatic rings. The maximum Gasteiger partial charge on any atom is 0.242 e. The number of unbranched alkanes of at least 4 members (excludes halogenated alkanes) is 3. The van der Waals surface area contributed by atoms with Crippen molar-refractivity contribution in [2.45, 2.75) is 59.8 Å². The fourth-order valence-electron chi connectivity index (χ4n) is 2.09. The Balaban J connectivity index is 2.76. The molecule has 0 bridgehead atoms. The topological polar surface area (TPSA) is 73.1 Å². The summed E-state index contributed by atoms with van der Waals surface area (Å²) in [7, 11) is 0. The van der Waals surface area contributed by atoms with E-state index < -0.39 is 0 Å². The first-order valence-corrected chi connectivity index (χ1v) is 8.11. The van der Waals surface area contributed by atoms with E-state index in [2.05, 4.69) is 36.1 Å². The van der Waals surface area contributed by atoms with Crippen molar-refractivity contribution in [2.24, 2.45) is 5.92 Å². The molecule has 0 spiro atoms. The lowest BCUT2D eigenvalue weighted by Gasteiger charge is -2.14. The molecule has 0 radical (unpaired) electrons. The summed E-state index contributed by atoms with van der Waals surface area (Å²) in [6.45, 7) is 9.88. The molecule has 0 aliphatic rings. The van der Waals surface area contributed by atoms with E-state index in [0.29, 0.717) is 29.9 Å². The van der Waals surface area contributed by atoms with Crippen molar-refractivity contribution in [2.75, 3.05) is 24.2 Å². The van der Waals surface area contributed by atoms with E-state index >= 15 is 0 Å². The van der Waals surface area contributed by atoms with E-state index in [1.165, 1.54) is 19.3 Å². The number of nitrogen functional groups attached to an aromatic ring is 1. The third-order valence-corrected chi connectivity index (χ3v) is 3.15. The van der Waals surface area contributed by atoms with Crippen LogP contribution < -0.4 is 15.8 Å². The molecule has 5 heteroatoms. The molecular formula is C16H30N4O. The number of hydrogen-bond acceptors (Lipinski definition) is 5. The first-order valence-electron chi connectivity index (χ1n) is 8.11. The average Bonchev–Trinajstić information content (AvgIpc) is 2.42. The summed E-state index contributed by atoms with van der Waals surface area (Å²) in [6.07, 6.45) is 5.68. The molecule has 120 valence electrons. The second kappa shape index (κ2) is 9.42.